The average molecular weight is 467 g/mol. The van der Waals surface area contributed by atoms with Crippen LogP contribution in [-0.2, 0) is 4.79 Å². The Morgan fingerprint density at radius 1 is 1.30 bits per heavy atom. The molecule has 0 radical (unpaired) electrons. The fourth-order valence-corrected chi connectivity index (χ4v) is 6.48. The van der Waals surface area contributed by atoms with E-state index >= 15 is 0 Å². The molecule has 1 fully saturated rings. The van der Waals surface area contributed by atoms with Gasteiger partial charge in [0.05, 0.1) is 6.54 Å². The molecule has 6 heteroatoms. The van der Waals surface area contributed by atoms with Gasteiger partial charge >= 0.3 is 0 Å². The summed E-state index contributed by atoms with van der Waals surface area (Å²) in [5, 5.41) is 4.55. The third-order valence-corrected chi connectivity index (χ3v) is 9.07. The molecule has 33 heavy (non-hydrogen) atoms. The predicted molar refractivity (Wildman–Crippen MR) is 143 cm³/mol. The lowest BCUT2D eigenvalue weighted by atomic mass is 9.84. The number of carbonyl (C=O) groups is 1. The van der Waals surface area contributed by atoms with Crippen molar-refractivity contribution in [1.29, 1.82) is 0 Å². The highest BCUT2D eigenvalue weighted by molar-refractivity contribution is 7.38. The van der Waals surface area contributed by atoms with Crippen molar-refractivity contribution in [3.63, 3.8) is 0 Å². The number of amides is 1. The number of allylic oxidation sites excluding steroid dienone is 3. The van der Waals surface area contributed by atoms with Crippen LogP contribution < -0.4 is 10.2 Å². The molecule has 4 atom stereocenters. The molecule has 1 aromatic carbocycles. The molecule has 2 aromatic rings. The van der Waals surface area contributed by atoms with Crippen molar-refractivity contribution in [2.24, 2.45) is 11.8 Å². The Labute approximate surface area is 200 Å². The largest absolute Gasteiger partial charge is 0.391 e. The van der Waals surface area contributed by atoms with Crippen LogP contribution in [0.4, 0.5) is 5.69 Å². The van der Waals surface area contributed by atoms with Crippen molar-refractivity contribution < 1.29 is 4.79 Å². The van der Waals surface area contributed by atoms with Crippen LogP contribution in [0.2, 0.25) is 0 Å². The first kappa shape index (κ1) is 24.0. The quantitative estimate of drug-likeness (QED) is 0.561. The second-order valence-corrected chi connectivity index (χ2v) is 11.3. The lowest BCUT2D eigenvalue weighted by molar-refractivity contribution is -0.119. The first-order valence-electron chi connectivity index (χ1n) is 12.2. The van der Waals surface area contributed by atoms with Crippen molar-refractivity contribution in [2.45, 2.75) is 38.8 Å². The molecule has 2 aliphatic rings. The summed E-state index contributed by atoms with van der Waals surface area (Å²) in [5.41, 5.74) is 7.48. The molecule has 1 saturated heterocycles. The maximum atomic E-state index is 13.0. The number of anilines is 1. The third kappa shape index (κ3) is 5.05. The first-order valence-corrected chi connectivity index (χ1v) is 13.8. The molecule has 1 aliphatic heterocycles. The molecule has 2 unspecified atom stereocenters. The molecule has 1 amide bonds. The number of aromatic amines is 1. The van der Waals surface area contributed by atoms with Crippen molar-refractivity contribution in [3.05, 3.63) is 47.8 Å². The molecule has 2 heterocycles. The Hall–Kier alpha value is -2.10. The Morgan fingerprint density at radius 3 is 2.79 bits per heavy atom. The zero-order valence-electron chi connectivity index (χ0n) is 20.8. The van der Waals surface area contributed by atoms with Crippen LogP contribution in [0.5, 0.6) is 0 Å². The van der Waals surface area contributed by atoms with Crippen LogP contribution in [0.3, 0.4) is 0 Å². The number of nitrogens with zero attached hydrogens (tertiary/aromatic N) is 2. The van der Waals surface area contributed by atoms with E-state index in [0.29, 0.717) is 18.4 Å². The summed E-state index contributed by atoms with van der Waals surface area (Å²) >= 11 is 0. The summed E-state index contributed by atoms with van der Waals surface area (Å²) in [4.78, 5) is 20.7. The van der Waals surface area contributed by atoms with Gasteiger partial charge in [0.1, 0.15) is 0 Å². The van der Waals surface area contributed by atoms with Gasteiger partial charge in [-0.25, -0.2) is 0 Å². The number of benzene rings is 1. The molecule has 4 rings (SSSR count). The van der Waals surface area contributed by atoms with Crippen LogP contribution >= 0.6 is 8.58 Å². The molecule has 2 N–H and O–H groups in total. The van der Waals surface area contributed by atoms with Gasteiger partial charge in [-0.2, -0.15) is 0 Å². The zero-order valence-corrected chi connectivity index (χ0v) is 21.8. The Kier molecular flexibility index (Phi) is 7.31. The van der Waals surface area contributed by atoms with Gasteiger partial charge in [-0.15, -0.1) is 8.58 Å². The highest BCUT2D eigenvalue weighted by Gasteiger charge is 2.30. The number of H-pyrrole nitrogens is 1. The average Bonchev–Trinajstić information content (AvgIpc) is 3.39. The summed E-state index contributed by atoms with van der Waals surface area (Å²) in [7, 11) is 4.84. The SMILES string of the molecule is C=C(C1=C(NC)CC(C)CC1)c1cc2ccc(N(C)C(=O)CN3C[C@H](C)[C@H](PC)C3)cc2[nH]1. The van der Waals surface area contributed by atoms with E-state index in [9.17, 15) is 4.79 Å². The number of carbonyl (C=O) groups excluding carboxylic acids is 1. The van der Waals surface area contributed by atoms with Crippen LogP contribution in [0.1, 0.15) is 38.8 Å². The lowest BCUT2D eigenvalue weighted by Crippen LogP contribution is -2.37. The molecular formula is C27H39N4OP. The molecule has 1 aliphatic carbocycles. The van der Waals surface area contributed by atoms with Crippen LogP contribution in [0.15, 0.2) is 42.1 Å². The van der Waals surface area contributed by atoms with Gasteiger partial charge in [-0.05, 0) is 72.8 Å². The van der Waals surface area contributed by atoms with Crippen molar-refractivity contribution >= 4 is 36.7 Å². The van der Waals surface area contributed by atoms with Gasteiger partial charge in [0.2, 0.25) is 5.91 Å². The van der Waals surface area contributed by atoms with Crippen LogP contribution in [0.25, 0.3) is 16.5 Å². The zero-order chi connectivity index (χ0) is 23.7. The monoisotopic (exact) mass is 466 g/mol. The summed E-state index contributed by atoms with van der Waals surface area (Å²) in [6.45, 7) is 13.9. The number of rotatable bonds is 7. The van der Waals surface area contributed by atoms with E-state index in [4.69, 9.17) is 0 Å². The van der Waals surface area contributed by atoms with Crippen LogP contribution in [0, 0.1) is 11.8 Å². The Morgan fingerprint density at radius 2 is 2.09 bits per heavy atom. The molecule has 178 valence electrons. The Bertz CT molecular complexity index is 1070. The van der Waals surface area contributed by atoms with E-state index in [1.165, 1.54) is 17.7 Å². The van der Waals surface area contributed by atoms with E-state index in [0.717, 1.165) is 68.0 Å². The van der Waals surface area contributed by atoms with Gasteiger partial charge in [-0.1, -0.05) is 26.5 Å². The summed E-state index contributed by atoms with van der Waals surface area (Å²) < 4.78 is 0. The fourth-order valence-electron chi connectivity index (χ4n) is 5.36. The van der Waals surface area contributed by atoms with Gasteiger partial charge in [0, 0.05) is 55.2 Å². The van der Waals surface area contributed by atoms with E-state index in [-0.39, 0.29) is 5.91 Å². The first-order chi connectivity index (χ1) is 15.8. The maximum absolute atomic E-state index is 13.0. The number of aromatic nitrogens is 1. The number of likely N-dealkylation sites (N-methyl/N-ethyl adjacent to an activating group) is 1. The molecular weight excluding hydrogens is 427 g/mol. The molecule has 5 nitrogen and oxygen atoms in total. The topological polar surface area (TPSA) is 51.4 Å². The van der Waals surface area contributed by atoms with Gasteiger partial charge in [-0.3, -0.25) is 9.69 Å². The van der Waals surface area contributed by atoms with E-state index in [1.54, 1.807) is 4.90 Å². The van der Waals surface area contributed by atoms with E-state index in [1.807, 2.05) is 20.2 Å². The number of nitrogens with one attached hydrogen (secondary N) is 2. The number of hydrogen-bond acceptors (Lipinski definition) is 3. The molecule has 0 saturated carbocycles. The number of likely N-dealkylation sites (tertiary alicyclic amines) is 1. The van der Waals surface area contributed by atoms with Crippen molar-refractivity contribution in [3.8, 4) is 0 Å². The predicted octanol–water partition coefficient (Wildman–Crippen LogP) is 5.07. The minimum atomic E-state index is 0.151. The summed E-state index contributed by atoms with van der Waals surface area (Å²) in [6.07, 6.45) is 3.34. The third-order valence-electron chi connectivity index (χ3n) is 7.58. The summed E-state index contributed by atoms with van der Waals surface area (Å²) in [5.74, 6) is 1.54. The molecule has 0 spiro atoms. The second-order valence-electron chi connectivity index (χ2n) is 10.0. The minimum Gasteiger partial charge on any atom is -0.391 e. The van der Waals surface area contributed by atoms with E-state index < -0.39 is 0 Å². The maximum Gasteiger partial charge on any atom is 0.240 e. The number of hydrogen-bond donors (Lipinski definition) is 2. The van der Waals surface area contributed by atoms with Gasteiger partial charge in [0.25, 0.3) is 0 Å². The Balaban J connectivity index is 1.50. The number of fused-ring (bicyclic) bond motifs is 1. The normalized spacial score (nSPS) is 24.2. The van der Waals surface area contributed by atoms with E-state index in [2.05, 4.69) is 60.5 Å². The van der Waals surface area contributed by atoms with Crippen molar-refractivity contribution in [1.82, 2.24) is 15.2 Å². The molecule has 0 bridgehead atoms. The van der Waals surface area contributed by atoms with Gasteiger partial charge in [0.15, 0.2) is 0 Å². The minimum absolute atomic E-state index is 0.151. The smallest absolute Gasteiger partial charge is 0.240 e. The summed E-state index contributed by atoms with van der Waals surface area (Å²) in [6, 6.07) is 8.41. The highest BCUT2D eigenvalue weighted by Crippen LogP contribution is 2.36. The lowest BCUT2D eigenvalue weighted by Gasteiger charge is -2.25. The highest BCUT2D eigenvalue weighted by atomic mass is 31.1. The standard InChI is InChI=1S/C27H39N4OP/c1-17-7-10-22(25(11-17)28-4)19(3)23-12-20-8-9-21(13-24(20)29-23)30(5)27(32)16-31-14-18(2)26(15-31)33-6/h8-9,12-13,17-18,26,28-29,33H,3,7,10-11,14-16H2,1-2,4-6H3/t17?,18-,26+/m0/s1. The van der Waals surface area contributed by atoms with Gasteiger partial charge < -0.3 is 15.2 Å². The van der Waals surface area contributed by atoms with Crippen molar-refractivity contribution in [2.75, 3.05) is 45.3 Å². The second kappa shape index (κ2) is 10.0. The molecule has 1 aromatic heterocycles. The fraction of sp³-hybridized carbons (Fsp3) is 0.519. The van der Waals surface area contributed by atoms with Crippen LogP contribution in [-0.4, -0.2) is 61.8 Å².